The van der Waals surface area contributed by atoms with Gasteiger partial charge < -0.3 is 13.7 Å². The van der Waals surface area contributed by atoms with Crippen LogP contribution in [-0.2, 0) is 17.7 Å². The number of nitrogens with one attached hydrogen (secondary N) is 1. The van der Waals surface area contributed by atoms with Crippen molar-refractivity contribution in [2.75, 3.05) is 7.11 Å². The number of furan rings is 1. The fourth-order valence-electron chi connectivity index (χ4n) is 3.87. The summed E-state index contributed by atoms with van der Waals surface area (Å²) in [5, 5.41) is 14.0. The van der Waals surface area contributed by atoms with Gasteiger partial charge in [-0.3, -0.25) is 0 Å². The average Bonchev–Trinajstić information content (AvgIpc) is 3.59. The number of esters is 1. The van der Waals surface area contributed by atoms with Crippen LogP contribution in [0, 0.1) is 6.92 Å². The van der Waals surface area contributed by atoms with E-state index in [9.17, 15) is 4.79 Å². The van der Waals surface area contributed by atoms with Crippen LogP contribution in [0.15, 0.2) is 47.1 Å². The van der Waals surface area contributed by atoms with Crippen LogP contribution in [0.1, 0.15) is 34.4 Å². The zero-order valence-electron chi connectivity index (χ0n) is 18.4. The van der Waals surface area contributed by atoms with E-state index in [4.69, 9.17) is 14.1 Å². The molecule has 0 unspecified atom stereocenters. The Morgan fingerprint density at radius 2 is 2.00 bits per heavy atom. The van der Waals surface area contributed by atoms with Crippen molar-refractivity contribution in [3.05, 3.63) is 65.3 Å². The first-order chi connectivity index (χ1) is 16.1. The number of ether oxygens (including phenoxy) is 1. The van der Waals surface area contributed by atoms with Crippen LogP contribution in [-0.4, -0.2) is 48.2 Å². The maximum absolute atomic E-state index is 12.1. The standard InChI is InChI=1S/C23H21N7O3/c1-4-18-25-19-13(2)11-17(23(31)32-3)24-22(19)30(18)12-14-5-7-15(8-6-14)16-9-10-33-20(16)21-26-28-29-27-21/h5-11H,4,12H2,1-3H3,(H,26,27,28,29). The molecule has 10 heteroatoms. The minimum atomic E-state index is -0.465. The molecule has 0 aliphatic carbocycles. The van der Waals surface area contributed by atoms with E-state index in [1.165, 1.54) is 7.11 Å². The minimum Gasteiger partial charge on any atom is -0.464 e. The fraction of sp³-hybridized carbons (Fsp3) is 0.217. The number of hydrogen-bond acceptors (Lipinski definition) is 8. The molecule has 0 radical (unpaired) electrons. The first kappa shape index (κ1) is 20.6. The lowest BCUT2D eigenvalue weighted by Gasteiger charge is -2.10. The molecule has 0 aliphatic rings. The van der Waals surface area contributed by atoms with E-state index in [-0.39, 0.29) is 5.69 Å². The first-order valence-electron chi connectivity index (χ1n) is 10.4. The van der Waals surface area contributed by atoms with Gasteiger partial charge in [0, 0.05) is 12.0 Å². The van der Waals surface area contributed by atoms with E-state index in [2.05, 4.69) is 32.5 Å². The number of aromatic amines is 1. The van der Waals surface area contributed by atoms with Crippen LogP contribution < -0.4 is 0 Å². The van der Waals surface area contributed by atoms with E-state index < -0.39 is 5.97 Å². The average molecular weight is 443 g/mol. The van der Waals surface area contributed by atoms with Gasteiger partial charge in [0.1, 0.15) is 11.3 Å². The first-order valence-corrected chi connectivity index (χ1v) is 10.4. The summed E-state index contributed by atoms with van der Waals surface area (Å²) < 4.78 is 12.5. The minimum absolute atomic E-state index is 0.274. The Hall–Kier alpha value is -4.34. The summed E-state index contributed by atoms with van der Waals surface area (Å²) in [5.74, 6) is 1.40. The van der Waals surface area contributed by atoms with Gasteiger partial charge in [-0.2, -0.15) is 5.21 Å². The molecular weight excluding hydrogens is 422 g/mol. The summed E-state index contributed by atoms with van der Waals surface area (Å²) in [6.07, 6.45) is 2.34. The molecule has 1 N–H and O–H groups in total. The quantitative estimate of drug-likeness (QED) is 0.395. The topological polar surface area (TPSA) is 125 Å². The molecule has 0 spiro atoms. The van der Waals surface area contributed by atoms with Gasteiger partial charge in [0.2, 0.25) is 5.82 Å². The number of carbonyl (C=O) groups excluding carboxylic acids is 1. The number of pyridine rings is 1. The predicted octanol–water partition coefficient (Wildman–Crippen LogP) is 3.58. The second-order valence-corrected chi connectivity index (χ2v) is 7.55. The lowest BCUT2D eigenvalue weighted by atomic mass is 10.0. The smallest absolute Gasteiger partial charge is 0.356 e. The Balaban J connectivity index is 1.50. The number of rotatable bonds is 6. The summed E-state index contributed by atoms with van der Waals surface area (Å²) >= 11 is 0. The van der Waals surface area contributed by atoms with Crippen LogP contribution >= 0.6 is 0 Å². The molecule has 5 rings (SSSR count). The molecule has 1 aromatic carbocycles. The number of fused-ring (bicyclic) bond motifs is 1. The Morgan fingerprint density at radius 3 is 2.70 bits per heavy atom. The molecule has 10 nitrogen and oxygen atoms in total. The van der Waals surface area contributed by atoms with Crippen LogP contribution in [0.5, 0.6) is 0 Å². The van der Waals surface area contributed by atoms with Gasteiger partial charge >= 0.3 is 5.97 Å². The number of H-pyrrole nitrogens is 1. The largest absolute Gasteiger partial charge is 0.464 e. The number of aromatic nitrogens is 7. The fourth-order valence-corrected chi connectivity index (χ4v) is 3.87. The van der Waals surface area contributed by atoms with E-state index in [1.54, 1.807) is 12.3 Å². The molecule has 0 saturated heterocycles. The van der Waals surface area contributed by atoms with Gasteiger partial charge in [0.05, 0.1) is 19.9 Å². The van der Waals surface area contributed by atoms with Crippen molar-refractivity contribution in [3.8, 4) is 22.7 Å². The molecule has 0 aliphatic heterocycles. The highest BCUT2D eigenvalue weighted by atomic mass is 16.5. The highest BCUT2D eigenvalue weighted by molar-refractivity contribution is 5.90. The highest BCUT2D eigenvalue weighted by Gasteiger charge is 2.18. The maximum atomic E-state index is 12.1. The van der Waals surface area contributed by atoms with Crippen LogP contribution in [0.3, 0.4) is 0 Å². The van der Waals surface area contributed by atoms with Gasteiger partial charge in [-0.05, 0) is 41.0 Å². The number of hydrogen-bond donors (Lipinski definition) is 1. The van der Waals surface area contributed by atoms with Gasteiger partial charge in [-0.1, -0.05) is 31.2 Å². The summed E-state index contributed by atoms with van der Waals surface area (Å²) in [4.78, 5) is 21.4. The molecule has 0 saturated carbocycles. The Kier molecular flexibility index (Phi) is 5.17. The molecule has 0 amide bonds. The van der Waals surface area contributed by atoms with Crippen molar-refractivity contribution in [2.24, 2.45) is 0 Å². The van der Waals surface area contributed by atoms with Crippen molar-refractivity contribution in [3.63, 3.8) is 0 Å². The molecule has 166 valence electrons. The van der Waals surface area contributed by atoms with E-state index in [0.717, 1.165) is 40.0 Å². The third kappa shape index (κ3) is 3.65. The SMILES string of the molecule is CCc1nc2c(C)cc(C(=O)OC)nc2n1Cc1ccc(-c2ccoc2-c2nn[nH]n2)cc1. The van der Waals surface area contributed by atoms with E-state index in [1.807, 2.05) is 41.8 Å². The molecule has 0 atom stereocenters. The third-order valence-corrected chi connectivity index (χ3v) is 5.50. The number of benzene rings is 1. The van der Waals surface area contributed by atoms with Gasteiger partial charge in [-0.25, -0.2) is 14.8 Å². The highest BCUT2D eigenvalue weighted by Crippen LogP contribution is 2.31. The van der Waals surface area contributed by atoms with Crippen molar-refractivity contribution in [1.82, 2.24) is 35.2 Å². The number of methoxy groups -OCH3 is 1. The summed E-state index contributed by atoms with van der Waals surface area (Å²) in [5.41, 5.74) is 5.55. The predicted molar refractivity (Wildman–Crippen MR) is 119 cm³/mol. The number of aryl methyl sites for hydroxylation is 2. The molecule has 33 heavy (non-hydrogen) atoms. The molecule has 0 bridgehead atoms. The van der Waals surface area contributed by atoms with Gasteiger partial charge in [-0.15, -0.1) is 10.2 Å². The zero-order chi connectivity index (χ0) is 22.9. The third-order valence-electron chi connectivity index (χ3n) is 5.50. The van der Waals surface area contributed by atoms with Crippen molar-refractivity contribution >= 4 is 17.1 Å². The number of carbonyl (C=O) groups is 1. The molecule has 4 aromatic heterocycles. The maximum Gasteiger partial charge on any atom is 0.356 e. The number of nitrogens with zero attached hydrogens (tertiary/aromatic N) is 6. The lowest BCUT2D eigenvalue weighted by molar-refractivity contribution is 0.0594. The van der Waals surface area contributed by atoms with Gasteiger partial charge in [0.15, 0.2) is 17.1 Å². The normalized spacial score (nSPS) is 11.2. The molecular formula is C23H21N7O3. The summed E-state index contributed by atoms with van der Waals surface area (Å²) in [7, 11) is 1.35. The molecule has 5 aromatic rings. The number of imidazole rings is 1. The Morgan fingerprint density at radius 1 is 1.18 bits per heavy atom. The van der Waals surface area contributed by atoms with Crippen molar-refractivity contribution in [1.29, 1.82) is 0 Å². The molecule has 4 heterocycles. The van der Waals surface area contributed by atoms with Crippen LogP contribution in [0.25, 0.3) is 33.9 Å². The van der Waals surface area contributed by atoms with Gasteiger partial charge in [0.25, 0.3) is 0 Å². The van der Waals surface area contributed by atoms with E-state index in [0.29, 0.717) is 23.8 Å². The summed E-state index contributed by atoms with van der Waals surface area (Å²) in [6, 6.07) is 11.7. The summed E-state index contributed by atoms with van der Waals surface area (Å²) in [6.45, 7) is 4.55. The Bertz CT molecular complexity index is 1430. The monoisotopic (exact) mass is 443 g/mol. The number of tetrazole rings is 1. The zero-order valence-corrected chi connectivity index (χ0v) is 18.4. The van der Waals surface area contributed by atoms with Crippen molar-refractivity contribution in [2.45, 2.75) is 26.8 Å². The van der Waals surface area contributed by atoms with E-state index >= 15 is 0 Å². The van der Waals surface area contributed by atoms with Crippen LogP contribution in [0.2, 0.25) is 0 Å². The Labute approximate surface area is 188 Å². The second-order valence-electron chi connectivity index (χ2n) is 7.55. The lowest BCUT2D eigenvalue weighted by Crippen LogP contribution is -2.09. The molecule has 0 fully saturated rings. The van der Waals surface area contributed by atoms with Crippen LogP contribution in [0.4, 0.5) is 0 Å². The second kappa shape index (κ2) is 8.30. The van der Waals surface area contributed by atoms with Crippen molar-refractivity contribution < 1.29 is 13.9 Å².